The number of nitrogens with zero attached hydrogens (tertiary/aromatic N) is 3. The number of fused-ring (bicyclic) bond motifs is 1. The fourth-order valence-electron chi connectivity index (χ4n) is 3.18. The molecule has 4 rings (SSSR count). The quantitative estimate of drug-likeness (QED) is 0.628. The highest BCUT2D eigenvalue weighted by molar-refractivity contribution is 6.26. The molecule has 0 aromatic carbocycles. The second kappa shape index (κ2) is 6.30. The van der Waals surface area contributed by atoms with E-state index in [1.54, 1.807) is 24.5 Å². The van der Waals surface area contributed by atoms with Gasteiger partial charge in [0.25, 0.3) is 0 Å². The number of nitrogens with one attached hydrogen (secondary N) is 1. The van der Waals surface area contributed by atoms with Crippen molar-refractivity contribution in [2.75, 3.05) is 33.2 Å². The van der Waals surface area contributed by atoms with E-state index in [9.17, 15) is 14.7 Å². The Labute approximate surface area is 149 Å². The van der Waals surface area contributed by atoms with Crippen molar-refractivity contribution in [2.24, 2.45) is 0 Å². The Morgan fingerprint density at radius 2 is 2.12 bits per heavy atom. The molecule has 1 fully saturated rings. The number of ether oxygens (including phenoxy) is 1. The minimum absolute atomic E-state index is 0.0149. The van der Waals surface area contributed by atoms with Gasteiger partial charge in [0.15, 0.2) is 11.3 Å². The lowest BCUT2D eigenvalue weighted by Crippen LogP contribution is -2.44. The second-order valence-electron chi connectivity index (χ2n) is 6.36. The molecule has 0 bridgehead atoms. The van der Waals surface area contributed by atoms with E-state index in [1.165, 1.54) is 0 Å². The number of ketones is 1. The standard InChI is InChI=1S/C18H18N4O4/c1-21-5-7-22(8-6-21)17-14(18(24)25)15(23)13(26-17)9-11-10-20-16-12(11)3-2-4-19-16/h2-4,9-10H,5-8H2,1H3,(H,19,20)(H,24,25)/b13-9-. The van der Waals surface area contributed by atoms with Gasteiger partial charge in [-0.25, -0.2) is 9.78 Å². The fraction of sp³-hybridized carbons (Fsp3) is 0.278. The number of carbonyl (C=O) groups excluding carboxylic acids is 1. The van der Waals surface area contributed by atoms with Crippen LogP contribution >= 0.6 is 0 Å². The second-order valence-corrected chi connectivity index (χ2v) is 6.36. The summed E-state index contributed by atoms with van der Waals surface area (Å²) in [4.78, 5) is 35.5. The smallest absolute Gasteiger partial charge is 0.345 e. The minimum Gasteiger partial charge on any atom is -0.477 e. The summed E-state index contributed by atoms with van der Waals surface area (Å²) in [6.07, 6.45) is 4.95. The topological polar surface area (TPSA) is 98.8 Å². The maximum atomic E-state index is 12.6. The van der Waals surface area contributed by atoms with Crippen LogP contribution in [0.4, 0.5) is 0 Å². The molecular weight excluding hydrogens is 336 g/mol. The number of rotatable bonds is 3. The van der Waals surface area contributed by atoms with Gasteiger partial charge < -0.3 is 24.6 Å². The molecule has 0 aliphatic carbocycles. The number of H-pyrrole nitrogens is 1. The number of allylic oxidation sites excluding steroid dienone is 1. The third kappa shape index (κ3) is 2.74. The molecule has 2 aliphatic rings. The monoisotopic (exact) mass is 354 g/mol. The molecule has 26 heavy (non-hydrogen) atoms. The maximum Gasteiger partial charge on any atom is 0.345 e. The van der Waals surface area contributed by atoms with E-state index in [0.717, 1.165) is 24.0 Å². The third-order valence-electron chi connectivity index (χ3n) is 4.65. The van der Waals surface area contributed by atoms with Crippen LogP contribution in [0.3, 0.4) is 0 Å². The van der Waals surface area contributed by atoms with Crippen molar-refractivity contribution in [2.45, 2.75) is 0 Å². The average molecular weight is 354 g/mol. The lowest BCUT2D eigenvalue weighted by molar-refractivity contribution is -0.134. The molecule has 2 aliphatic heterocycles. The summed E-state index contributed by atoms with van der Waals surface area (Å²) >= 11 is 0. The largest absolute Gasteiger partial charge is 0.477 e. The number of carboxylic acid groups (broad SMARTS) is 1. The van der Waals surface area contributed by atoms with Crippen molar-refractivity contribution in [3.63, 3.8) is 0 Å². The molecule has 0 unspecified atom stereocenters. The van der Waals surface area contributed by atoms with Crippen molar-refractivity contribution < 1.29 is 19.4 Å². The van der Waals surface area contributed by atoms with Crippen LogP contribution in [0.25, 0.3) is 17.1 Å². The van der Waals surface area contributed by atoms with Crippen LogP contribution in [0.5, 0.6) is 0 Å². The van der Waals surface area contributed by atoms with Gasteiger partial charge in [-0.15, -0.1) is 0 Å². The number of likely N-dealkylation sites (N-methyl/N-ethyl adjacent to an activating group) is 1. The van der Waals surface area contributed by atoms with Gasteiger partial charge in [-0.3, -0.25) is 4.79 Å². The summed E-state index contributed by atoms with van der Waals surface area (Å²) in [6, 6.07) is 3.67. The van der Waals surface area contributed by atoms with Crippen molar-refractivity contribution in [1.29, 1.82) is 0 Å². The van der Waals surface area contributed by atoms with E-state index < -0.39 is 11.8 Å². The number of carbonyl (C=O) groups is 2. The summed E-state index contributed by atoms with van der Waals surface area (Å²) in [5, 5.41) is 10.3. The lowest BCUT2D eigenvalue weighted by atomic mass is 10.1. The van der Waals surface area contributed by atoms with Gasteiger partial charge in [0.2, 0.25) is 11.7 Å². The Balaban J connectivity index is 1.68. The Morgan fingerprint density at radius 1 is 1.35 bits per heavy atom. The molecule has 2 N–H and O–H groups in total. The van der Waals surface area contributed by atoms with Crippen LogP contribution in [-0.4, -0.2) is 69.9 Å². The fourth-order valence-corrected chi connectivity index (χ4v) is 3.18. The molecule has 2 aromatic heterocycles. The zero-order valence-corrected chi connectivity index (χ0v) is 14.2. The van der Waals surface area contributed by atoms with Gasteiger partial charge in [-0.1, -0.05) is 0 Å². The predicted octanol–water partition coefficient (Wildman–Crippen LogP) is 1.05. The van der Waals surface area contributed by atoms with Gasteiger partial charge in [0.05, 0.1) is 0 Å². The molecule has 0 radical (unpaired) electrons. The lowest BCUT2D eigenvalue weighted by Gasteiger charge is -2.33. The van der Waals surface area contributed by atoms with Crippen molar-refractivity contribution in [3.8, 4) is 0 Å². The Bertz CT molecular complexity index is 951. The van der Waals surface area contributed by atoms with Crippen LogP contribution in [0, 0.1) is 0 Å². The first-order chi connectivity index (χ1) is 12.5. The van der Waals surface area contributed by atoms with Gasteiger partial charge in [-0.2, -0.15) is 0 Å². The number of pyridine rings is 1. The summed E-state index contributed by atoms with van der Waals surface area (Å²) in [7, 11) is 2.00. The first-order valence-electron chi connectivity index (χ1n) is 8.32. The van der Waals surface area contributed by atoms with Crippen molar-refractivity contribution in [1.82, 2.24) is 19.8 Å². The molecule has 8 nitrogen and oxygen atoms in total. The summed E-state index contributed by atoms with van der Waals surface area (Å²) in [6.45, 7) is 2.78. The predicted molar refractivity (Wildman–Crippen MR) is 93.9 cm³/mol. The van der Waals surface area contributed by atoms with E-state index in [-0.39, 0.29) is 17.2 Å². The molecular formula is C18H18N4O4. The molecule has 0 atom stereocenters. The van der Waals surface area contributed by atoms with Crippen LogP contribution in [0.2, 0.25) is 0 Å². The van der Waals surface area contributed by atoms with Gasteiger partial charge in [-0.05, 0) is 25.3 Å². The van der Waals surface area contributed by atoms with Crippen LogP contribution in [-0.2, 0) is 14.3 Å². The number of hydrogen-bond acceptors (Lipinski definition) is 6. The number of piperazine rings is 1. The van der Waals surface area contributed by atoms with Crippen molar-refractivity contribution >= 4 is 28.9 Å². The maximum absolute atomic E-state index is 12.6. The third-order valence-corrected chi connectivity index (χ3v) is 4.65. The normalized spacial score (nSPS) is 20.3. The first kappa shape index (κ1) is 16.3. The highest BCUT2D eigenvalue weighted by Gasteiger charge is 2.39. The number of carboxylic acids is 1. The van der Waals surface area contributed by atoms with E-state index in [2.05, 4.69) is 14.9 Å². The molecule has 4 heterocycles. The Kier molecular flexibility index (Phi) is 3.96. The van der Waals surface area contributed by atoms with Gasteiger partial charge in [0.1, 0.15) is 5.65 Å². The van der Waals surface area contributed by atoms with Crippen LogP contribution in [0.1, 0.15) is 5.56 Å². The molecule has 0 saturated carbocycles. The Morgan fingerprint density at radius 3 is 2.85 bits per heavy atom. The SMILES string of the molecule is CN1CCN(C2=C(C(=O)O)C(=O)/C(=C/c3c[nH]c4ncccc34)O2)CC1. The zero-order chi connectivity index (χ0) is 18.3. The molecule has 1 saturated heterocycles. The summed E-state index contributed by atoms with van der Waals surface area (Å²) in [5.41, 5.74) is 1.11. The number of aromatic amines is 1. The summed E-state index contributed by atoms with van der Waals surface area (Å²) < 4.78 is 5.73. The average Bonchev–Trinajstić information content (AvgIpc) is 3.18. The molecule has 0 spiro atoms. The summed E-state index contributed by atoms with van der Waals surface area (Å²) in [5.74, 6) is -1.72. The van der Waals surface area contributed by atoms with Crippen molar-refractivity contribution in [3.05, 3.63) is 47.3 Å². The van der Waals surface area contributed by atoms with Crippen LogP contribution in [0.15, 0.2) is 41.7 Å². The highest BCUT2D eigenvalue weighted by Crippen LogP contribution is 2.31. The number of aliphatic carboxylic acids is 1. The Hall–Kier alpha value is -3.13. The zero-order valence-electron chi connectivity index (χ0n) is 14.2. The molecule has 8 heteroatoms. The number of hydrogen-bond donors (Lipinski definition) is 2. The van der Waals surface area contributed by atoms with E-state index in [0.29, 0.717) is 18.7 Å². The molecule has 0 amide bonds. The number of aromatic nitrogens is 2. The van der Waals surface area contributed by atoms with E-state index >= 15 is 0 Å². The highest BCUT2D eigenvalue weighted by atomic mass is 16.5. The van der Waals surface area contributed by atoms with E-state index in [4.69, 9.17) is 4.74 Å². The van der Waals surface area contributed by atoms with E-state index in [1.807, 2.05) is 18.0 Å². The minimum atomic E-state index is -1.27. The van der Waals surface area contributed by atoms with Gasteiger partial charge >= 0.3 is 5.97 Å². The van der Waals surface area contributed by atoms with Gasteiger partial charge in [0, 0.05) is 49.5 Å². The first-order valence-corrected chi connectivity index (χ1v) is 8.32. The molecule has 2 aromatic rings. The molecule has 134 valence electrons. The van der Waals surface area contributed by atoms with Crippen LogP contribution < -0.4 is 0 Å². The number of Topliss-reactive ketones (excluding diaryl/α,β-unsaturated/α-hetero) is 1.